The minimum atomic E-state index is -0.437. The van der Waals surface area contributed by atoms with Crippen LogP contribution in [0.4, 0.5) is 4.79 Å². The Morgan fingerprint density at radius 2 is 2.05 bits per heavy atom. The summed E-state index contributed by atoms with van der Waals surface area (Å²) >= 11 is 0. The van der Waals surface area contributed by atoms with E-state index in [4.69, 9.17) is 10.3 Å². The van der Waals surface area contributed by atoms with Gasteiger partial charge in [-0.25, -0.2) is 4.79 Å². The number of ether oxygens (including phenoxy) is 1. The highest BCUT2D eigenvalue weighted by Gasteiger charge is 2.37. The molecule has 1 amide bonds. The molecule has 2 fully saturated rings. The lowest BCUT2D eigenvalue weighted by Crippen LogP contribution is -2.47. The maximum atomic E-state index is 12.1. The second-order valence-corrected chi connectivity index (χ2v) is 6.91. The van der Waals surface area contributed by atoms with Crippen molar-refractivity contribution in [1.29, 1.82) is 0 Å². The van der Waals surface area contributed by atoms with E-state index in [1.807, 2.05) is 25.7 Å². The van der Waals surface area contributed by atoms with Gasteiger partial charge in [-0.1, -0.05) is 5.11 Å². The average Bonchev–Trinajstić information content (AvgIpc) is 2.36. The van der Waals surface area contributed by atoms with Crippen molar-refractivity contribution in [3.8, 4) is 0 Å². The summed E-state index contributed by atoms with van der Waals surface area (Å²) in [5.74, 6) is 1.11. The Balaban J connectivity index is 1.89. The van der Waals surface area contributed by atoms with Crippen molar-refractivity contribution < 1.29 is 9.53 Å². The normalized spacial score (nSPS) is 30.1. The number of piperidine rings is 1. The number of likely N-dealkylation sites (tertiary alicyclic amines) is 1. The molecule has 1 saturated heterocycles. The molecule has 6 heteroatoms. The van der Waals surface area contributed by atoms with E-state index in [0.29, 0.717) is 11.8 Å². The van der Waals surface area contributed by atoms with Crippen molar-refractivity contribution in [3.05, 3.63) is 10.4 Å². The van der Waals surface area contributed by atoms with E-state index in [9.17, 15) is 4.79 Å². The molecular weight excluding hydrogens is 256 g/mol. The second-order valence-electron chi connectivity index (χ2n) is 6.91. The third-order valence-electron chi connectivity index (χ3n) is 4.20. The fourth-order valence-corrected chi connectivity index (χ4v) is 3.26. The van der Waals surface area contributed by atoms with Crippen LogP contribution in [0.15, 0.2) is 5.11 Å². The highest BCUT2D eigenvalue weighted by molar-refractivity contribution is 5.68. The molecule has 1 heterocycles. The lowest BCUT2D eigenvalue weighted by molar-refractivity contribution is 0.00464. The summed E-state index contributed by atoms with van der Waals surface area (Å²) in [5.41, 5.74) is 8.09. The maximum absolute atomic E-state index is 12.1. The molecule has 3 unspecified atom stereocenters. The van der Waals surface area contributed by atoms with E-state index in [2.05, 4.69) is 10.0 Å². The number of nitrogens with zero attached hydrogens (tertiary/aromatic N) is 4. The molecule has 3 atom stereocenters. The molecule has 0 aromatic heterocycles. The number of carbonyl (C=O) groups is 1. The molecular formula is C14H24N4O2. The molecule has 0 spiro atoms. The summed E-state index contributed by atoms with van der Waals surface area (Å²) < 4.78 is 5.44. The number of hydrogen-bond donors (Lipinski definition) is 0. The first-order chi connectivity index (χ1) is 9.39. The predicted octanol–water partition coefficient (Wildman–Crippen LogP) is 3.72. The van der Waals surface area contributed by atoms with Crippen molar-refractivity contribution in [1.82, 2.24) is 4.90 Å². The molecule has 112 valence electrons. The first-order valence-corrected chi connectivity index (χ1v) is 7.41. The van der Waals surface area contributed by atoms with Crippen LogP contribution < -0.4 is 0 Å². The number of fused-ring (bicyclic) bond motifs is 1. The zero-order valence-electron chi connectivity index (χ0n) is 12.6. The van der Waals surface area contributed by atoms with Gasteiger partial charge >= 0.3 is 6.09 Å². The fraction of sp³-hybridized carbons (Fsp3) is 0.929. The van der Waals surface area contributed by atoms with E-state index in [-0.39, 0.29) is 12.1 Å². The fourth-order valence-electron chi connectivity index (χ4n) is 3.26. The highest BCUT2D eigenvalue weighted by atomic mass is 16.6. The van der Waals surface area contributed by atoms with Gasteiger partial charge in [-0.05, 0) is 63.8 Å². The van der Waals surface area contributed by atoms with Crippen molar-refractivity contribution in [2.45, 2.75) is 58.1 Å². The standard InChI is InChI=1S/C14H24N4O2/c1-14(2,3)20-13(19)18-7-6-10-8-12(16-17-15)5-4-11(10)9-18/h10-12H,4-9H2,1-3H3. The van der Waals surface area contributed by atoms with Crippen molar-refractivity contribution in [2.75, 3.05) is 13.1 Å². The Kier molecular flexibility index (Phi) is 4.43. The van der Waals surface area contributed by atoms with E-state index in [1.54, 1.807) is 0 Å². The molecule has 1 aliphatic heterocycles. The summed E-state index contributed by atoms with van der Waals surface area (Å²) in [4.78, 5) is 16.8. The number of rotatable bonds is 1. The monoisotopic (exact) mass is 280 g/mol. The molecule has 6 nitrogen and oxygen atoms in total. The summed E-state index contributed by atoms with van der Waals surface area (Å²) in [6, 6.07) is 0.148. The van der Waals surface area contributed by atoms with Crippen LogP contribution in [-0.4, -0.2) is 35.7 Å². The van der Waals surface area contributed by atoms with Crippen LogP contribution >= 0.6 is 0 Å². The largest absolute Gasteiger partial charge is 0.444 e. The molecule has 0 aromatic carbocycles. The van der Waals surface area contributed by atoms with E-state index >= 15 is 0 Å². The number of azide groups is 1. The molecule has 1 aliphatic carbocycles. The Bertz CT molecular complexity index is 412. The number of amides is 1. The minimum absolute atomic E-state index is 0.148. The molecule has 0 radical (unpaired) electrons. The van der Waals surface area contributed by atoms with Gasteiger partial charge in [0.05, 0.1) is 0 Å². The second kappa shape index (κ2) is 5.92. The third kappa shape index (κ3) is 3.79. The molecule has 2 rings (SSSR count). The van der Waals surface area contributed by atoms with Gasteiger partial charge in [0.25, 0.3) is 0 Å². The van der Waals surface area contributed by atoms with Gasteiger partial charge in [0, 0.05) is 24.0 Å². The lowest BCUT2D eigenvalue weighted by atomic mass is 9.73. The van der Waals surface area contributed by atoms with Crippen LogP contribution in [0.5, 0.6) is 0 Å². The summed E-state index contributed by atoms with van der Waals surface area (Å²) in [6.07, 6.45) is 3.73. The van der Waals surface area contributed by atoms with Crippen molar-refractivity contribution in [3.63, 3.8) is 0 Å². The maximum Gasteiger partial charge on any atom is 0.410 e. The van der Waals surface area contributed by atoms with E-state index in [1.165, 1.54) is 0 Å². The van der Waals surface area contributed by atoms with Gasteiger partial charge in [0.2, 0.25) is 0 Å². The molecule has 2 aliphatic rings. The van der Waals surface area contributed by atoms with Gasteiger partial charge in [0.1, 0.15) is 5.60 Å². The molecule has 0 aromatic rings. The summed E-state index contributed by atoms with van der Waals surface area (Å²) in [5, 5.41) is 3.85. The van der Waals surface area contributed by atoms with Gasteiger partial charge in [-0.3, -0.25) is 0 Å². The SMILES string of the molecule is CC(C)(C)OC(=O)N1CCC2CC(N=[N+]=[N-])CCC2C1. The first kappa shape index (κ1) is 15.0. The Hall–Kier alpha value is -1.42. The van der Waals surface area contributed by atoms with Crippen LogP contribution in [-0.2, 0) is 4.74 Å². The Labute approximate surface area is 120 Å². The van der Waals surface area contributed by atoms with Crippen molar-refractivity contribution in [2.24, 2.45) is 17.0 Å². The Morgan fingerprint density at radius 1 is 1.30 bits per heavy atom. The molecule has 1 saturated carbocycles. The minimum Gasteiger partial charge on any atom is -0.444 e. The van der Waals surface area contributed by atoms with Crippen LogP contribution in [0, 0.1) is 11.8 Å². The summed E-state index contributed by atoms with van der Waals surface area (Å²) in [7, 11) is 0. The smallest absolute Gasteiger partial charge is 0.410 e. The number of hydrogen-bond acceptors (Lipinski definition) is 3. The van der Waals surface area contributed by atoms with Crippen LogP contribution in [0.25, 0.3) is 10.4 Å². The quantitative estimate of drug-likeness (QED) is 0.417. The van der Waals surface area contributed by atoms with Crippen molar-refractivity contribution >= 4 is 6.09 Å². The van der Waals surface area contributed by atoms with Crippen LogP contribution in [0.1, 0.15) is 46.5 Å². The molecule has 20 heavy (non-hydrogen) atoms. The van der Waals surface area contributed by atoms with Crippen LogP contribution in [0.3, 0.4) is 0 Å². The van der Waals surface area contributed by atoms with Gasteiger partial charge < -0.3 is 9.64 Å². The van der Waals surface area contributed by atoms with Gasteiger partial charge in [-0.15, -0.1) is 0 Å². The highest BCUT2D eigenvalue weighted by Crippen LogP contribution is 2.37. The first-order valence-electron chi connectivity index (χ1n) is 7.41. The predicted molar refractivity (Wildman–Crippen MR) is 76.2 cm³/mol. The third-order valence-corrected chi connectivity index (χ3v) is 4.20. The van der Waals surface area contributed by atoms with E-state index < -0.39 is 5.60 Å². The molecule has 0 N–H and O–H groups in total. The van der Waals surface area contributed by atoms with Crippen LogP contribution in [0.2, 0.25) is 0 Å². The summed E-state index contributed by atoms with van der Waals surface area (Å²) in [6.45, 7) is 7.20. The Morgan fingerprint density at radius 3 is 2.70 bits per heavy atom. The lowest BCUT2D eigenvalue weighted by Gasteiger charge is -2.42. The zero-order chi connectivity index (χ0) is 14.8. The van der Waals surface area contributed by atoms with Gasteiger partial charge in [-0.2, -0.15) is 0 Å². The van der Waals surface area contributed by atoms with E-state index in [0.717, 1.165) is 38.8 Å². The topological polar surface area (TPSA) is 78.3 Å². The zero-order valence-corrected chi connectivity index (χ0v) is 12.6. The molecule has 0 bridgehead atoms. The average molecular weight is 280 g/mol. The number of carbonyl (C=O) groups excluding carboxylic acids is 1. The van der Waals surface area contributed by atoms with Gasteiger partial charge in [0.15, 0.2) is 0 Å².